The molecule has 24 heavy (non-hydrogen) atoms. The van der Waals surface area contributed by atoms with Gasteiger partial charge in [-0.2, -0.15) is 0 Å². The monoisotopic (exact) mass is 331 g/mol. The van der Waals surface area contributed by atoms with Gasteiger partial charge in [-0.1, -0.05) is 44.2 Å². The van der Waals surface area contributed by atoms with E-state index >= 15 is 0 Å². The van der Waals surface area contributed by atoms with Crippen LogP contribution >= 0.6 is 0 Å². The molecule has 1 aliphatic carbocycles. The highest BCUT2D eigenvalue weighted by Crippen LogP contribution is 2.61. The second kappa shape index (κ2) is 6.49. The van der Waals surface area contributed by atoms with Crippen molar-refractivity contribution >= 4 is 5.91 Å². The lowest BCUT2D eigenvalue weighted by atomic mass is 9.60. The van der Waals surface area contributed by atoms with Crippen molar-refractivity contribution in [2.45, 2.75) is 70.1 Å². The van der Waals surface area contributed by atoms with E-state index in [1.54, 1.807) is 0 Å². The van der Waals surface area contributed by atoms with E-state index in [4.69, 9.17) is 4.74 Å². The fraction of sp³-hybridized carbons (Fsp3) is 0.650. The van der Waals surface area contributed by atoms with Crippen LogP contribution < -0.4 is 5.32 Å². The van der Waals surface area contributed by atoms with Crippen molar-refractivity contribution in [3.63, 3.8) is 0 Å². The first-order chi connectivity index (χ1) is 11.6. The number of aliphatic hydroxyl groups excluding tert-OH is 1. The largest absolute Gasteiger partial charge is 0.393 e. The second-order valence-corrected chi connectivity index (χ2v) is 7.43. The van der Waals surface area contributed by atoms with Gasteiger partial charge < -0.3 is 15.2 Å². The van der Waals surface area contributed by atoms with Crippen LogP contribution in [0.5, 0.6) is 0 Å². The Hall–Kier alpha value is -1.39. The third-order valence-corrected chi connectivity index (χ3v) is 6.30. The Balaban J connectivity index is 1.86. The van der Waals surface area contributed by atoms with Gasteiger partial charge in [-0.05, 0) is 44.1 Å². The highest BCUT2D eigenvalue weighted by molar-refractivity contribution is 5.85. The van der Waals surface area contributed by atoms with E-state index in [0.717, 1.165) is 37.7 Å². The zero-order chi connectivity index (χ0) is 17.3. The Kier molecular flexibility index (Phi) is 4.71. The van der Waals surface area contributed by atoms with Gasteiger partial charge in [-0.25, -0.2) is 0 Å². The van der Waals surface area contributed by atoms with E-state index in [2.05, 4.69) is 19.2 Å². The van der Waals surface area contributed by atoms with Crippen LogP contribution in [0, 0.1) is 5.41 Å². The Morgan fingerprint density at radius 2 is 1.92 bits per heavy atom. The maximum Gasteiger partial charge on any atom is 0.229 e. The lowest BCUT2D eigenvalue weighted by Crippen LogP contribution is -2.54. The van der Waals surface area contributed by atoms with Crippen LogP contribution in [0.4, 0.5) is 0 Å². The first kappa shape index (κ1) is 17.4. The summed E-state index contributed by atoms with van der Waals surface area (Å²) in [7, 11) is 0. The van der Waals surface area contributed by atoms with Gasteiger partial charge in [0.05, 0.1) is 23.2 Å². The molecule has 4 heteroatoms. The fourth-order valence-electron chi connectivity index (χ4n) is 5.01. The summed E-state index contributed by atoms with van der Waals surface area (Å²) in [6.45, 7) is 4.74. The summed E-state index contributed by atoms with van der Waals surface area (Å²) in [6, 6.07) is 9.99. The molecule has 0 radical (unpaired) electrons. The van der Waals surface area contributed by atoms with E-state index in [1.165, 1.54) is 0 Å². The SMILES string of the molecule is CCC1(CC)O[C@]2(CO)CCC[C@@]1(C(=O)NCc1ccccc1)C2. The van der Waals surface area contributed by atoms with Crippen molar-refractivity contribution in [3.8, 4) is 0 Å². The van der Waals surface area contributed by atoms with Crippen LogP contribution in [0.3, 0.4) is 0 Å². The number of fused-ring (bicyclic) bond motifs is 2. The smallest absolute Gasteiger partial charge is 0.229 e. The molecule has 0 aromatic heterocycles. The molecule has 132 valence electrons. The molecule has 0 spiro atoms. The van der Waals surface area contributed by atoms with Gasteiger partial charge in [0.1, 0.15) is 0 Å². The first-order valence-corrected chi connectivity index (χ1v) is 9.19. The molecule has 1 aliphatic heterocycles. The van der Waals surface area contributed by atoms with Crippen molar-refractivity contribution in [1.82, 2.24) is 5.32 Å². The molecule has 2 fully saturated rings. The first-order valence-electron chi connectivity index (χ1n) is 9.19. The summed E-state index contributed by atoms with van der Waals surface area (Å²) in [5.41, 5.74) is -0.419. The topological polar surface area (TPSA) is 58.6 Å². The Labute approximate surface area is 144 Å². The number of carbonyl (C=O) groups is 1. The fourth-order valence-corrected chi connectivity index (χ4v) is 5.01. The van der Waals surface area contributed by atoms with Gasteiger partial charge in [0.15, 0.2) is 0 Å². The number of nitrogens with one attached hydrogen (secondary N) is 1. The van der Waals surface area contributed by atoms with Crippen molar-refractivity contribution in [1.29, 1.82) is 0 Å². The molecule has 1 saturated heterocycles. The Morgan fingerprint density at radius 3 is 2.54 bits per heavy atom. The van der Waals surface area contributed by atoms with Crippen LogP contribution in [-0.4, -0.2) is 28.8 Å². The molecule has 2 atom stereocenters. The quantitative estimate of drug-likeness (QED) is 0.842. The van der Waals surface area contributed by atoms with Gasteiger partial charge in [-0.15, -0.1) is 0 Å². The normalized spacial score (nSPS) is 31.0. The van der Waals surface area contributed by atoms with E-state index < -0.39 is 16.6 Å². The number of ether oxygens (including phenoxy) is 1. The highest BCUT2D eigenvalue weighted by atomic mass is 16.5. The van der Waals surface area contributed by atoms with Gasteiger partial charge >= 0.3 is 0 Å². The standard InChI is InChI=1S/C20H29NO3/c1-3-20(4-2)19(12-8-11-18(14-19,15-22)24-20)17(23)21-13-16-9-6-5-7-10-16/h5-7,9-10,22H,3-4,8,11-15H2,1-2H3,(H,21,23)/t18-,19+/m1/s1. The van der Waals surface area contributed by atoms with Gasteiger partial charge in [0.25, 0.3) is 0 Å². The van der Waals surface area contributed by atoms with E-state index in [9.17, 15) is 9.90 Å². The summed E-state index contributed by atoms with van der Waals surface area (Å²) >= 11 is 0. The van der Waals surface area contributed by atoms with E-state index in [-0.39, 0.29) is 12.5 Å². The summed E-state index contributed by atoms with van der Waals surface area (Å²) in [5, 5.41) is 13.1. The number of carbonyl (C=O) groups excluding carboxylic acids is 1. The lowest BCUT2D eigenvalue weighted by molar-refractivity contribution is -0.156. The summed E-state index contributed by atoms with van der Waals surface area (Å²) in [4.78, 5) is 13.3. The number of hydrogen-bond acceptors (Lipinski definition) is 3. The Morgan fingerprint density at radius 1 is 1.21 bits per heavy atom. The second-order valence-electron chi connectivity index (χ2n) is 7.43. The molecule has 2 aliphatic rings. The molecule has 1 aromatic rings. The molecule has 1 heterocycles. The molecule has 4 nitrogen and oxygen atoms in total. The van der Waals surface area contributed by atoms with Crippen molar-refractivity contribution in [3.05, 3.63) is 35.9 Å². The molecule has 2 bridgehead atoms. The van der Waals surface area contributed by atoms with E-state index in [0.29, 0.717) is 13.0 Å². The number of aliphatic hydroxyl groups is 1. The zero-order valence-electron chi connectivity index (χ0n) is 14.8. The minimum atomic E-state index is -0.533. The number of amides is 1. The zero-order valence-corrected chi connectivity index (χ0v) is 14.8. The Bertz CT molecular complexity index is 584. The van der Waals surface area contributed by atoms with Crippen LogP contribution in [0.2, 0.25) is 0 Å². The van der Waals surface area contributed by atoms with Gasteiger partial charge in [0.2, 0.25) is 5.91 Å². The molecule has 0 unspecified atom stereocenters. The molecule has 1 aromatic carbocycles. The predicted molar refractivity (Wildman–Crippen MR) is 93.4 cm³/mol. The summed E-state index contributed by atoms with van der Waals surface area (Å²) in [5.74, 6) is 0.0880. The lowest BCUT2D eigenvalue weighted by Gasteiger charge is -2.42. The average molecular weight is 331 g/mol. The highest BCUT2D eigenvalue weighted by Gasteiger charge is 2.67. The maximum absolute atomic E-state index is 13.3. The predicted octanol–water partition coefficient (Wildman–Crippen LogP) is 3.18. The van der Waals surface area contributed by atoms with Crippen molar-refractivity contribution in [2.75, 3.05) is 6.61 Å². The maximum atomic E-state index is 13.3. The molecular formula is C20H29NO3. The number of hydrogen-bond donors (Lipinski definition) is 2. The number of rotatable bonds is 6. The molecule has 2 N–H and O–H groups in total. The third-order valence-electron chi connectivity index (χ3n) is 6.30. The van der Waals surface area contributed by atoms with Crippen LogP contribution in [0.15, 0.2) is 30.3 Å². The van der Waals surface area contributed by atoms with Crippen molar-refractivity contribution in [2.24, 2.45) is 5.41 Å². The third kappa shape index (κ3) is 2.56. The molecule has 1 saturated carbocycles. The van der Waals surface area contributed by atoms with Crippen LogP contribution in [0.1, 0.15) is 57.9 Å². The number of benzene rings is 1. The van der Waals surface area contributed by atoms with Gasteiger partial charge in [0, 0.05) is 6.54 Å². The van der Waals surface area contributed by atoms with Crippen LogP contribution in [0.25, 0.3) is 0 Å². The molecule has 1 amide bonds. The molecular weight excluding hydrogens is 302 g/mol. The van der Waals surface area contributed by atoms with Gasteiger partial charge in [-0.3, -0.25) is 4.79 Å². The van der Waals surface area contributed by atoms with Crippen molar-refractivity contribution < 1.29 is 14.6 Å². The summed E-state index contributed by atoms with van der Waals surface area (Å²) in [6.07, 6.45) is 4.85. The average Bonchev–Trinajstić information content (AvgIpc) is 2.85. The van der Waals surface area contributed by atoms with E-state index in [1.807, 2.05) is 30.3 Å². The minimum Gasteiger partial charge on any atom is -0.393 e. The molecule has 3 rings (SSSR count). The summed E-state index contributed by atoms with van der Waals surface area (Å²) < 4.78 is 6.47. The minimum absolute atomic E-state index is 0.00245. The van der Waals surface area contributed by atoms with Crippen LogP contribution in [-0.2, 0) is 16.1 Å².